The van der Waals surface area contributed by atoms with Gasteiger partial charge in [-0.3, -0.25) is 14.8 Å². The monoisotopic (exact) mass is 805 g/mol. The van der Waals surface area contributed by atoms with Crippen LogP contribution in [0.5, 0.6) is 11.8 Å². The first-order valence-corrected chi connectivity index (χ1v) is 19.4. The summed E-state index contributed by atoms with van der Waals surface area (Å²) in [5, 5.41) is 11.4. The maximum Gasteiger partial charge on any atom is 0.412 e. The maximum atomic E-state index is 16.4. The van der Waals surface area contributed by atoms with Gasteiger partial charge in [-0.05, 0) is 90.2 Å². The summed E-state index contributed by atoms with van der Waals surface area (Å²) in [4.78, 5) is 43.8. The van der Waals surface area contributed by atoms with Crippen molar-refractivity contribution in [2.45, 2.75) is 82.6 Å². The molecule has 4 fully saturated rings. The SMILES string of the molecule is C#Cc1c(F)ccc2cc(O)cc(-c3ncc4c(N5CC6CCC(C5)N6C(=O)OC(C)OC)nc(OC)nc4c3F)c12.C[C@@H](C=O)N(C)C.F[C@@H]1CC2CCCN2C1. The van der Waals surface area contributed by atoms with Gasteiger partial charge in [-0.25, -0.2) is 18.0 Å². The number of phenols is 1. The van der Waals surface area contributed by atoms with Crippen molar-refractivity contribution in [1.29, 1.82) is 0 Å². The van der Waals surface area contributed by atoms with Crippen LogP contribution in [0.2, 0.25) is 0 Å². The molecule has 2 bridgehead atoms. The molecule has 1 amide bonds. The Hall–Kier alpha value is -5.24. The first-order chi connectivity index (χ1) is 27.8. The van der Waals surface area contributed by atoms with Gasteiger partial charge in [-0.1, -0.05) is 12.0 Å². The molecule has 6 heterocycles. The fourth-order valence-electron chi connectivity index (χ4n) is 8.07. The number of benzene rings is 2. The number of aldehydes is 1. The average molecular weight is 806 g/mol. The van der Waals surface area contributed by atoms with Gasteiger partial charge in [0.05, 0.1) is 36.2 Å². The molecule has 0 radical (unpaired) electrons. The third-order valence-corrected chi connectivity index (χ3v) is 11.3. The van der Waals surface area contributed by atoms with Crippen molar-refractivity contribution < 1.29 is 42.1 Å². The molecular formula is C42H50F3N7O6. The number of terminal acetylenes is 1. The Morgan fingerprint density at radius 2 is 1.79 bits per heavy atom. The molecule has 0 aliphatic carbocycles. The van der Waals surface area contributed by atoms with E-state index in [1.807, 2.05) is 30.8 Å². The van der Waals surface area contributed by atoms with Crippen molar-refractivity contribution in [2.75, 3.05) is 59.4 Å². The molecule has 4 aliphatic heterocycles. The number of alkyl halides is 1. The number of phenolic OH excluding ortho intramolecular Hbond substituents is 1. The van der Waals surface area contributed by atoms with Gasteiger partial charge in [0, 0.05) is 49.9 Å². The first kappa shape index (κ1) is 42.4. The van der Waals surface area contributed by atoms with Crippen molar-refractivity contribution in [3.8, 4) is 35.4 Å². The number of carbonyl (C=O) groups excluding carboxylic acids is 2. The second-order valence-electron chi connectivity index (χ2n) is 15.2. The number of halogens is 3. The fraction of sp³-hybridized carbons (Fsp3) is 0.500. The van der Waals surface area contributed by atoms with Crippen molar-refractivity contribution in [3.05, 3.63) is 47.7 Å². The number of likely N-dealkylation sites (N-methyl/N-ethyl adjacent to an activating group) is 1. The fourth-order valence-corrected chi connectivity index (χ4v) is 8.07. The van der Waals surface area contributed by atoms with Gasteiger partial charge in [0.1, 0.15) is 41.1 Å². The Balaban J connectivity index is 0.000000293. The summed E-state index contributed by atoms with van der Waals surface area (Å²) in [7, 11) is 6.59. The number of methoxy groups -OCH3 is 2. The van der Waals surface area contributed by atoms with Crippen LogP contribution in [0.25, 0.3) is 32.9 Å². The smallest absolute Gasteiger partial charge is 0.412 e. The van der Waals surface area contributed by atoms with Crippen LogP contribution in [-0.4, -0.2) is 138 Å². The first-order valence-electron chi connectivity index (χ1n) is 19.4. The van der Waals surface area contributed by atoms with E-state index >= 15 is 4.39 Å². The normalized spacial score (nSPS) is 22.1. The summed E-state index contributed by atoms with van der Waals surface area (Å²) in [6.07, 6.45) is 11.2. The van der Waals surface area contributed by atoms with E-state index in [1.54, 1.807) is 11.8 Å². The predicted molar refractivity (Wildman–Crippen MR) is 213 cm³/mol. The number of aromatic nitrogens is 3. The van der Waals surface area contributed by atoms with Gasteiger partial charge >= 0.3 is 12.1 Å². The highest BCUT2D eigenvalue weighted by atomic mass is 19.1. The molecule has 0 saturated carbocycles. The van der Waals surface area contributed by atoms with E-state index < -0.39 is 30.2 Å². The number of ether oxygens (including phenoxy) is 3. The quantitative estimate of drug-likeness (QED) is 0.135. The van der Waals surface area contributed by atoms with Crippen LogP contribution >= 0.6 is 0 Å². The number of carbonyl (C=O) groups is 2. The van der Waals surface area contributed by atoms with Crippen LogP contribution in [0.1, 0.15) is 51.5 Å². The summed E-state index contributed by atoms with van der Waals surface area (Å²) in [5.74, 6) is 1.10. The molecule has 13 nitrogen and oxygen atoms in total. The van der Waals surface area contributed by atoms with Crippen LogP contribution in [-0.2, 0) is 14.3 Å². The number of hydrogen-bond acceptors (Lipinski definition) is 12. The molecule has 2 aromatic carbocycles. The van der Waals surface area contributed by atoms with Gasteiger partial charge < -0.3 is 33.9 Å². The second kappa shape index (κ2) is 18.1. The molecule has 310 valence electrons. The number of nitrogens with zero attached hydrogens (tertiary/aromatic N) is 7. The highest BCUT2D eigenvalue weighted by Crippen LogP contribution is 2.40. The summed E-state index contributed by atoms with van der Waals surface area (Å²) in [5.41, 5.74) is -0.194. The zero-order valence-corrected chi connectivity index (χ0v) is 33.6. The molecule has 16 heteroatoms. The van der Waals surface area contributed by atoms with Crippen molar-refractivity contribution in [3.63, 3.8) is 0 Å². The molecule has 58 heavy (non-hydrogen) atoms. The summed E-state index contributed by atoms with van der Waals surface area (Å²) < 4.78 is 59.4. The lowest BCUT2D eigenvalue weighted by Crippen LogP contribution is -2.56. The van der Waals surface area contributed by atoms with E-state index in [0.717, 1.165) is 32.1 Å². The van der Waals surface area contributed by atoms with E-state index in [2.05, 4.69) is 25.8 Å². The lowest BCUT2D eigenvalue weighted by atomic mass is 9.96. The number of aromatic hydroxyl groups is 1. The Morgan fingerprint density at radius 1 is 1.07 bits per heavy atom. The number of piperazine rings is 1. The van der Waals surface area contributed by atoms with Crippen molar-refractivity contribution in [2.24, 2.45) is 0 Å². The molecular weight excluding hydrogens is 755 g/mol. The van der Waals surface area contributed by atoms with Crippen LogP contribution in [0.4, 0.5) is 23.8 Å². The zero-order valence-electron chi connectivity index (χ0n) is 33.6. The minimum atomic E-state index is -0.813. The average Bonchev–Trinajstić information content (AvgIpc) is 3.88. The summed E-state index contributed by atoms with van der Waals surface area (Å²) >= 11 is 0. The van der Waals surface area contributed by atoms with Gasteiger partial charge in [0.25, 0.3) is 0 Å². The molecule has 4 saturated heterocycles. The Kier molecular flexibility index (Phi) is 13.2. The standard InChI is InChI=1S/C30H27F2N5O5.C7H12FN.C5H11NO/c1-5-20-23(31)9-6-16-10-19(38)11-21(24(16)20)26-25(32)27-22(12-33-26)28(35-29(34-27)41-4)36-13-17-7-8-18(14-36)37(17)30(39)42-15(2)40-3;8-6-4-7-2-1-3-9(7)5-6;1-5(4-7)6(2)3/h1,6,9-12,15,17-18,38H,7-8,13-14H2,2-4H3;6-7H,1-5H2;4-5H,1-3H3/t;6-,7?;5-/m.10/s1. The number of rotatable bonds is 7. The van der Waals surface area contributed by atoms with Crippen molar-refractivity contribution >= 4 is 39.9 Å². The van der Waals surface area contributed by atoms with Crippen LogP contribution in [0.3, 0.4) is 0 Å². The molecule has 4 aromatic rings. The van der Waals surface area contributed by atoms with E-state index in [-0.39, 0.29) is 57.6 Å². The van der Waals surface area contributed by atoms with Gasteiger partial charge in [-0.15, -0.1) is 6.42 Å². The largest absolute Gasteiger partial charge is 0.508 e. The number of pyridine rings is 1. The number of anilines is 1. The zero-order chi connectivity index (χ0) is 41.8. The highest BCUT2D eigenvalue weighted by molar-refractivity contribution is 6.03. The second-order valence-corrected chi connectivity index (χ2v) is 15.2. The Bertz CT molecular complexity index is 2160. The molecule has 8 rings (SSSR count). The molecule has 6 atom stereocenters. The lowest BCUT2D eigenvalue weighted by Gasteiger charge is -2.41. The third kappa shape index (κ3) is 8.76. The highest BCUT2D eigenvalue weighted by Gasteiger charge is 2.45. The summed E-state index contributed by atoms with van der Waals surface area (Å²) in [6.45, 7) is 6.21. The minimum absolute atomic E-state index is 0.0556. The Labute approximate surface area is 336 Å². The lowest BCUT2D eigenvalue weighted by molar-refractivity contribution is -0.111. The topological polar surface area (TPSA) is 134 Å². The molecule has 4 unspecified atom stereocenters. The number of fused-ring (bicyclic) bond motifs is 5. The third-order valence-electron chi connectivity index (χ3n) is 11.3. The molecule has 4 aliphatic rings. The van der Waals surface area contributed by atoms with Gasteiger partial charge in [0.2, 0.25) is 6.29 Å². The molecule has 0 spiro atoms. The van der Waals surface area contributed by atoms with E-state index in [4.69, 9.17) is 20.6 Å². The summed E-state index contributed by atoms with van der Waals surface area (Å²) in [6, 6.07) is 5.66. The molecule has 2 aromatic heterocycles. The minimum Gasteiger partial charge on any atom is -0.508 e. The maximum absolute atomic E-state index is 16.4. The molecule has 1 N–H and O–H groups in total. The van der Waals surface area contributed by atoms with Gasteiger partial charge in [-0.2, -0.15) is 9.97 Å². The van der Waals surface area contributed by atoms with Crippen LogP contribution in [0.15, 0.2) is 30.5 Å². The van der Waals surface area contributed by atoms with Gasteiger partial charge in [0.15, 0.2) is 5.82 Å². The van der Waals surface area contributed by atoms with E-state index in [0.29, 0.717) is 42.3 Å². The van der Waals surface area contributed by atoms with E-state index in [1.165, 1.54) is 57.5 Å². The number of amides is 1. The Morgan fingerprint density at radius 3 is 2.40 bits per heavy atom. The predicted octanol–water partition coefficient (Wildman–Crippen LogP) is 5.93. The van der Waals surface area contributed by atoms with Crippen LogP contribution < -0.4 is 9.64 Å². The van der Waals surface area contributed by atoms with Crippen LogP contribution in [0, 0.1) is 24.0 Å². The van der Waals surface area contributed by atoms with E-state index in [9.17, 15) is 23.5 Å². The number of hydrogen-bond donors (Lipinski definition) is 1. The van der Waals surface area contributed by atoms with Crippen molar-refractivity contribution in [1.82, 2.24) is 29.7 Å².